The number of rotatable bonds is 8. The number of methoxy groups -OCH3 is 2. The first-order valence-corrected chi connectivity index (χ1v) is 10.5. The largest absolute Gasteiger partial charge is 0.493 e. The van der Waals surface area contributed by atoms with Gasteiger partial charge in [-0.1, -0.05) is 17.7 Å². The van der Waals surface area contributed by atoms with Crippen LogP contribution in [0.5, 0.6) is 11.5 Å². The lowest BCUT2D eigenvalue weighted by Crippen LogP contribution is -2.22. The molecule has 0 radical (unpaired) electrons. The molecule has 2 N–H and O–H groups in total. The Hall–Kier alpha value is -3.56. The molecule has 8 nitrogen and oxygen atoms in total. The lowest BCUT2D eigenvalue weighted by molar-refractivity contribution is -0.119. The topological polar surface area (TPSA) is 103 Å². The van der Waals surface area contributed by atoms with Crippen LogP contribution in [0.4, 0.5) is 11.4 Å². The van der Waals surface area contributed by atoms with Crippen LogP contribution in [0.2, 0.25) is 5.02 Å². The summed E-state index contributed by atoms with van der Waals surface area (Å²) in [4.78, 5) is 37.8. The van der Waals surface area contributed by atoms with Crippen molar-refractivity contribution in [3.8, 4) is 11.5 Å². The number of anilines is 2. The minimum Gasteiger partial charge on any atom is -0.493 e. The number of nitrogens with one attached hydrogen (secondary N) is 2. The van der Waals surface area contributed by atoms with Crippen LogP contribution in [0.1, 0.15) is 20.0 Å². The minimum absolute atomic E-state index is 0.00634. The van der Waals surface area contributed by atoms with Crippen molar-refractivity contribution in [2.75, 3.05) is 31.5 Å². The number of ether oxygens (including phenoxy) is 3. The number of thiophene rings is 1. The second-order valence-corrected chi connectivity index (χ2v) is 7.70. The summed E-state index contributed by atoms with van der Waals surface area (Å²) >= 11 is 7.07. The van der Waals surface area contributed by atoms with E-state index in [1.165, 1.54) is 37.7 Å². The van der Waals surface area contributed by atoms with E-state index in [0.717, 1.165) is 0 Å². The summed E-state index contributed by atoms with van der Waals surface area (Å²) in [6.45, 7) is -0.534. The number of halogens is 1. The van der Waals surface area contributed by atoms with Crippen molar-refractivity contribution in [1.29, 1.82) is 0 Å². The van der Waals surface area contributed by atoms with Gasteiger partial charge in [-0.25, -0.2) is 4.79 Å². The fraction of sp³-hybridized carbons (Fsp3) is 0.136. The first-order chi connectivity index (χ1) is 15.4. The SMILES string of the molecule is COc1cc(NC(=O)c2cccs2)c(C(=O)OCC(=O)Nc2ccc(Cl)cc2)cc1OC. The van der Waals surface area contributed by atoms with Crippen LogP contribution in [-0.4, -0.2) is 38.6 Å². The second-order valence-electron chi connectivity index (χ2n) is 6.32. The molecule has 0 saturated carbocycles. The molecule has 0 fully saturated rings. The zero-order valence-corrected chi connectivity index (χ0v) is 18.7. The van der Waals surface area contributed by atoms with Crippen LogP contribution in [0.3, 0.4) is 0 Å². The Kier molecular flexibility index (Phi) is 7.69. The molecule has 1 aromatic heterocycles. The summed E-state index contributed by atoms with van der Waals surface area (Å²) in [5.41, 5.74) is 0.668. The summed E-state index contributed by atoms with van der Waals surface area (Å²) in [6, 6.07) is 12.7. The molecule has 0 unspecified atom stereocenters. The van der Waals surface area contributed by atoms with Gasteiger partial charge in [0.2, 0.25) is 0 Å². The van der Waals surface area contributed by atoms with E-state index in [-0.39, 0.29) is 17.0 Å². The van der Waals surface area contributed by atoms with E-state index in [2.05, 4.69) is 10.6 Å². The number of amides is 2. The number of carbonyl (C=O) groups excluding carboxylic acids is 3. The van der Waals surface area contributed by atoms with Crippen molar-refractivity contribution in [3.05, 3.63) is 69.4 Å². The fourth-order valence-electron chi connectivity index (χ4n) is 2.68. The zero-order valence-electron chi connectivity index (χ0n) is 17.1. The van der Waals surface area contributed by atoms with Gasteiger partial charge >= 0.3 is 5.97 Å². The number of benzene rings is 2. The third-order valence-corrected chi connectivity index (χ3v) is 5.32. The molecule has 3 aromatic rings. The molecule has 0 aliphatic heterocycles. The molecule has 32 heavy (non-hydrogen) atoms. The maximum atomic E-state index is 12.7. The van der Waals surface area contributed by atoms with Gasteiger partial charge in [0.05, 0.1) is 30.3 Å². The Balaban J connectivity index is 1.76. The molecule has 0 spiro atoms. The van der Waals surface area contributed by atoms with Crippen LogP contribution >= 0.6 is 22.9 Å². The molecule has 3 rings (SSSR count). The molecule has 0 bridgehead atoms. The summed E-state index contributed by atoms with van der Waals surface area (Å²) in [5.74, 6) is -1.18. The summed E-state index contributed by atoms with van der Waals surface area (Å²) in [7, 11) is 2.85. The number of hydrogen-bond acceptors (Lipinski definition) is 7. The smallest absolute Gasteiger partial charge is 0.340 e. The Bertz CT molecular complexity index is 1120. The quantitative estimate of drug-likeness (QED) is 0.467. The van der Waals surface area contributed by atoms with E-state index >= 15 is 0 Å². The molecule has 166 valence electrons. The Labute approximate surface area is 193 Å². The zero-order chi connectivity index (χ0) is 23.1. The number of esters is 1. The average molecular weight is 475 g/mol. The van der Waals surface area contributed by atoms with Crippen molar-refractivity contribution in [3.63, 3.8) is 0 Å². The highest BCUT2D eigenvalue weighted by Gasteiger charge is 2.21. The van der Waals surface area contributed by atoms with Gasteiger partial charge < -0.3 is 24.8 Å². The molecule has 1 heterocycles. The standard InChI is InChI=1S/C22H19ClN2O6S/c1-29-17-10-15(16(11-18(17)30-2)25-21(27)19-4-3-9-32-19)22(28)31-12-20(26)24-14-7-5-13(23)6-8-14/h3-11H,12H2,1-2H3,(H,24,26)(H,25,27). The van der Waals surface area contributed by atoms with Gasteiger partial charge in [-0.15, -0.1) is 11.3 Å². The van der Waals surface area contributed by atoms with E-state index in [4.69, 9.17) is 25.8 Å². The molecular weight excluding hydrogens is 456 g/mol. The van der Waals surface area contributed by atoms with E-state index in [1.54, 1.807) is 41.8 Å². The van der Waals surface area contributed by atoms with Crippen LogP contribution < -0.4 is 20.1 Å². The van der Waals surface area contributed by atoms with Gasteiger partial charge in [0.1, 0.15) is 0 Å². The van der Waals surface area contributed by atoms with Crippen molar-refractivity contribution < 1.29 is 28.6 Å². The predicted molar refractivity (Wildman–Crippen MR) is 122 cm³/mol. The molecule has 0 aliphatic rings. The van der Waals surface area contributed by atoms with Gasteiger partial charge in [0.15, 0.2) is 18.1 Å². The van der Waals surface area contributed by atoms with Gasteiger partial charge in [-0.05, 0) is 35.7 Å². The first-order valence-electron chi connectivity index (χ1n) is 9.24. The monoisotopic (exact) mass is 474 g/mol. The highest BCUT2D eigenvalue weighted by molar-refractivity contribution is 7.12. The molecule has 2 aromatic carbocycles. The summed E-state index contributed by atoms with van der Waals surface area (Å²) < 4.78 is 15.6. The fourth-order valence-corrected chi connectivity index (χ4v) is 3.43. The van der Waals surface area contributed by atoms with Gasteiger partial charge in [-0.2, -0.15) is 0 Å². The highest BCUT2D eigenvalue weighted by atomic mass is 35.5. The third kappa shape index (κ3) is 5.77. The van der Waals surface area contributed by atoms with Crippen LogP contribution in [0, 0.1) is 0 Å². The summed E-state index contributed by atoms with van der Waals surface area (Å²) in [5, 5.41) is 7.56. The van der Waals surface area contributed by atoms with Gasteiger partial charge in [0.25, 0.3) is 11.8 Å². The maximum absolute atomic E-state index is 12.7. The molecule has 0 atom stereocenters. The molecular formula is C22H19ClN2O6S. The third-order valence-electron chi connectivity index (χ3n) is 4.20. The molecule has 10 heteroatoms. The van der Waals surface area contributed by atoms with Crippen molar-refractivity contribution in [2.45, 2.75) is 0 Å². The number of carbonyl (C=O) groups is 3. The number of hydrogen-bond donors (Lipinski definition) is 2. The molecule has 0 saturated heterocycles. The van der Waals surface area contributed by atoms with Gasteiger partial charge in [-0.3, -0.25) is 9.59 Å². The normalized spacial score (nSPS) is 10.2. The lowest BCUT2D eigenvalue weighted by Gasteiger charge is -2.15. The van der Waals surface area contributed by atoms with E-state index in [1.807, 2.05) is 0 Å². The van der Waals surface area contributed by atoms with Crippen LogP contribution in [0.25, 0.3) is 0 Å². The van der Waals surface area contributed by atoms with Crippen LogP contribution in [0.15, 0.2) is 53.9 Å². The van der Waals surface area contributed by atoms with Crippen molar-refractivity contribution in [2.24, 2.45) is 0 Å². The Morgan fingerprint density at radius 2 is 1.66 bits per heavy atom. The predicted octanol–water partition coefficient (Wildman–Crippen LogP) is 4.47. The Morgan fingerprint density at radius 1 is 0.969 bits per heavy atom. The first kappa shape index (κ1) is 23.1. The van der Waals surface area contributed by atoms with Gasteiger partial charge in [0, 0.05) is 22.8 Å². The van der Waals surface area contributed by atoms with E-state index in [9.17, 15) is 14.4 Å². The highest BCUT2D eigenvalue weighted by Crippen LogP contribution is 2.34. The van der Waals surface area contributed by atoms with E-state index in [0.29, 0.717) is 21.3 Å². The Morgan fingerprint density at radius 3 is 2.28 bits per heavy atom. The summed E-state index contributed by atoms with van der Waals surface area (Å²) in [6.07, 6.45) is 0. The second kappa shape index (κ2) is 10.7. The molecule has 2 amide bonds. The van der Waals surface area contributed by atoms with Crippen molar-refractivity contribution in [1.82, 2.24) is 0 Å². The van der Waals surface area contributed by atoms with Crippen LogP contribution in [-0.2, 0) is 9.53 Å². The minimum atomic E-state index is -0.821. The maximum Gasteiger partial charge on any atom is 0.340 e. The van der Waals surface area contributed by atoms with Crippen molar-refractivity contribution >= 4 is 52.1 Å². The average Bonchev–Trinajstić information content (AvgIpc) is 3.34. The molecule has 0 aliphatic carbocycles. The van der Waals surface area contributed by atoms with E-state index < -0.39 is 24.4 Å². The lowest BCUT2D eigenvalue weighted by atomic mass is 10.1.